The fourth-order valence-electron chi connectivity index (χ4n) is 9.61. The maximum atomic E-state index is 14.1. The van der Waals surface area contributed by atoms with Gasteiger partial charge in [-0.05, 0) is 93.5 Å². The molecule has 0 radical (unpaired) electrons. The standard InChI is InChI=1S/C51H56N10O7/c62-44-23-22-42(47(64)57-44)61-48(65)40-15-9-17-43(46(40)49(61)66)68-33-45(63)52-24-6-7-25-58-26-28-59(29-27-58)38-13-8-14-39(30-38)60(51(67)54-31-34-10-2-1-3-11-34)37-20-18-36(19-21-37)55-50-53-32-35-12-4-5-16-41(35)56-50/h1-5,8-17,30,32,36-37,42H,6-7,18-29,31,33H2,(H,52,63)(H,54,67)(H,53,55,56)(H,57,62,64). The highest BCUT2D eigenvalue weighted by atomic mass is 16.5. The number of piperazine rings is 1. The molecule has 2 saturated heterocycles. The van der Waals surface area contributed by atoms with E-state index in [1.807, 2.05) is 77.8 Å². The monoisotopic (exact) mass is 920 g/mol. The second-order valence-electron chi connectivity index (χ2n) is 17.7. The van der Waals surface area contributed by atoms with Crippen LogP contribution in [0.3, 0.4) is 0 Å². The summed E-state index contributed by atoms with van der Waals surface area (Å²) < 4.78 is 5.72. The van der Waals surface area contributed by atoms with E-state index in [4.69, 9.17) is 9.72 Å². The second kappa shape index (κ2) is 21.1. The van der Waals surface area contributed by atoms with E-state index in [-0.39, 0.29) is 60.3 Å². The number of rotatable bonds is 16. The minimum Gasteiger partial charge on any atom is -0.483 e. The molecular formula is C51H56N10O7. The molecule has 1 aromatic heterocycles. The van der Waals surface area contributed by atoms with Gasteiger partial charge in [0.2, 0.25) is 17.8 Å². The number of nitrogens with zero attached hydrogens (tertiary/aromatic N) is 6. The molecule has 1 atom stereocenters. The summed E-state index contributed by atoms with van der Waals surface area (Å²) in [5, 5.41) is 12.8. The Bertz CT molecular complexity index is 2670. The largest absolute Gasteiger partial charge is 0.483 e. The lowest BCUT2D eigenvalue weighted by Crippen LogP contribution is -2.54. The van der Waals surface area contributed by atoms with E-state index in [1.54, 1.807) is 6.07 Å². The molecule has 1 unspecified atom stereocenters. The number of piperidine rings is 1. The molecule has 4 aromatic carbocycles. The zero-order chi connectivity index (χ0) is 47.0. The summed E-state index contributed by atoms with van der Waals surface area (Å²) in [5.41, 5.74) is 4.00. The first kappa shape index (κ1) is 45.7. The molecule has 68 heavy (non-hydrogen) atoms. The van der Waals surface area contributed by atoms with Crippen LogP contribution in [0.1, 0.15) is 77.6 Å². The predicted octanol–water partition coefficient (Wildman–Crippen LogP) is 5.27. The third kappa shape index (κ3) is 10.6. The summed E-state index contributed by atoms with van der Waals surface area (Å²) >= 11 is 0. The molecule has 4 heterocycles. The van der Waals surface area contributed by atoms with Crippen molar-refractivity contribution < 1.29 is 33.5 Å². The number of unbranched alkanes of at least 4 members (excludes halogenated alkanes) is 1. The highest BCUT2D eigenvalue weighted by molar-refractivity contribution is 6.24. The Balaban J connectivity index is 0.732. The predicted molar refractivity (Wildman–Crippen MR) is 256 cm³/mol. The molecule has 4 aliphatic rings. The molecule has 3 aliphatic heterocycles. The van der Waals surface area contributed by atoms with E-state index >= 15 is 0 Å². The van der Waals surface area contributed by atoms with Gasteiger partial charge >= 0.3 is 6.03 Å². The van der Waals surface area contributed by atoms with Crippen LogP contribution in [0.25, 0.3) is 10.9 Å². The third-order valence-corrected chi connectivity index (χ3v) is 13.2. The first-order valence-electron chi connectivity index (χ1n) is 23.6. The number of benzene rings is 4. The Morgan fingerprint density at radius 3 is 2.38 bits per heavy atom. The van der Waals surface area contributed by atoms with Gasteiger partial charge in [0.1, 0.15) is 11.8 Å². The summed E-state index contributed by atoms with van der Waals surface area (Å²) in [6, 6.07) is 29.9. The van der Waals surface area contributed by atoms with Crippen LogP contribution in [0.2, 0.25) is 0 Å². The van der Waals surface area contributed by atoms with Crippen LogP contribution in [0.15, 0.2) is 103 Å². The fraction of sp³-hybridized carbons (Fsp3) is 0.373. The van der Waals surface area contributed by atoms with E-state index in [9.17, 15) is 28.8 Å². The van der Waals surface area contributed by atoms with Crippen molar-refractivity contribution in [2.75, 3.05) is 61.0 Å². The zero-order valence-electron chi connectivity index (χ0n) is 37.9. The van der Waals surface area contributed by atoms with Crippen molar-refractivity contribution >= 4 is 63.8 Å². The number of anilines is 3. The topological polar surface area (TPSA) is 199 Å². The van der Waals surface area contributed by atoms with Crippen molar-refractivity contribution in [2.24, 2.45) is 0 Å². The highest BCUT2D eigenvalue weighted by Gasteiger charge is 2.46. The maximum absolute atomic E-state index is 14.1. The highest BCUT2D eigenvalue weighted by Crippen LogP contribution is 2.35. The number of aromatic nitrogens is 2. The van der Waals surface area contributed by atoms with Crippen molar-refractivity contribution in [1.29, 1.82) is 0 Å². The van der Waals surface area contributed by atoms with Crippen LogP contribution in [0.4, 0.5) is 22.1 Å². The number of hydrogen-bond acceptors (Lipinski definition) is 12. The first-order chi connectivity index (χ1) is 33.2. The van der Waals surface area contributed by atoms with Crippen molar-refractivity contribution in [1.82, 2.24) is 35.7 Å². The smallest absolute Gasteiger partial charge is 0.322 e. The lowest BCUT2D eigenvalue weighted by atomic mass is 9.90. The number of fused-ring (bicyclic) bond motifs is 2. The van der Waals surface area contributed by atoms with Crippen molar-refractivity contribution in [3.63, 3.8) is 0 Å². The molecule has 4 N–H and O–H groups in total. The molecular weight excluding hydrogens is 865 g/mol. The van der Waals surface area contributed by atoms with Gasteiger partial charge in [0, 0.05) is 80.7 Å². The number of imide groups is 2. The van der Waals surface area contributed by atoms with E-state index in [2.05, 4.69) is 48.2 Å². The molecule has 1 saturated carbocycles. The van der Waals surface area contributed by atoms with Gasteiger partial charge in [-0.1, -0.05) is 60.7 Å². The van der Waals surface area contributed by atoms with Crippen molar-refractivity contribution in [3.05, 3.63) is 120 Å². The van der Waals surface area contributed by atoms with Gasteiger partial charge in [-0.25, -0.2) is 14.8 Å². The molecule has 17 heteroatoms. The van der Waals surface area contributed by atoms with Gasteiger partial charge in [0.15, 0.2) is 6.61 Å². The van der Waals surface area contributed by atoms with Crippen molar-refractivity contribution in [2.45, 2.75) is 76.0 Å². The molecule has 9 rings (SSSR count). The lowest BCUT2D eigenvalue weighted by Gasteiger charge is -2.39. The Labute approximate surface area is 394 Å². The van der Waals surface area contributed by atoms with Gasteiger partial charge in [0.05, 0.1) is 16.6 Å². The number of ether oxygens (including phenoxy) is 1. The van der Waals surface area contributed by atoms with Gasteiger partial charge in [0.25, 0.3) is 17.7 Å². The molecule has 0 spiro atoms. The second-order valence-corrected chi connectivity index (χ2v) is 17.7. The van der Waals surface area contributed by atoms with Crippen LogP contribution < -0.4 is 35.8 Å². The summed E-state index contributed by atoms with van der Waals surface area (Å²) in [4.78, 5) is 94.4. The number of nitrogens with one attached hydrogen (secondary N) is 4. The van der Waals surface area contributed by atoms with Crippen LogP contribution >= 0.6 is 0 Å². The summed E-state index contributed by atoms with van der Waals surface area (Å²) in [7, 11) is 0. The van der Waals surface area contributed by atoms with Gasteiger partial charge < -0.3 is 25.6 Å². The number of carbonyl (C=O) groups is 6. The van der Waals surface area contributed by atoms with E-state index in [1.165, 1.54) is 12.1 Å². The number of para-hydroxylation sites is 1. The lowest BCUT2D eigenvalue weighted by molar-refractivity contribution is -0.136. The molecule has 3 fully saturated rings. The van der Waals surface area contributed by atoms with E-state index in [0.29, 0.717) is 19.0 Å². The van der Waals surface area contributed by atoms with E-state index < -0.39 is 29.7 Å². The molecule has 1 aliphatic carbocycles. The Morgan fingerprint density at radius 2 is 1.57 bits per heavy atom. The Hall–Kier alpha value is -7.40. The number of hydrogen-bond donors (Lipinski definition) is 4. The maximum Gasteiger partial charge on any atom is 0.322 e. The van der Waals surface area contributed by atoms with Crippen LogP contribution in [0, 0.1) is 0 Å². The fourth-order valence-corrected chi connectivity index (χ4v) is 9.61. The molecule has 17 nitrogen and oxygen atoms in total. The molecule has 352 valence electrons. The zero-order valence-corrected chi connectivity index (χ0v) is 37.9. The van der Waals surface area contributed by atoms with Crippen LogP contribution in [-0.4, -0.2) is 119 Å². The quantitative estimate of drug-likeness (QED) is 0.0741. The van der Waals surface area contributed by atoms with Crippen molar-refractivity contribution in [3.8, 4) is 5.75 Å². The average Bonchev–Trinajstić information content (AvgIpc) is 3.62. The number of amides is 7. The third-order valence-electron chi connectivity index (χ3n) is 13.2. The Kier molecular flexibility index (Phi) is 14.2. The van der Waals surface area contributed by atoms with Gasteiger partial charge in [-0.15, -0.1) is 0 Å². The van der Waals surface area contributed by atoms with Gasteiger partial charge in [-0.2, -0.15) is 0 Å². The minimum atomic E-state index is -1.09. The Morgan fingerprint density at radius 1 is 0.794 bits per heavy atom. The van der Waals surface area contributed by atoms with Gasteiger partial charge in [-0.3, -0.25) is 44.0 Å². The number of urea groups is 1. The summed E-state index contributed by atoms with van der Waals surface area (Å²) in [5.74, 6) is -2.13. The average molecular weight is 921 g/mol. The summed E-state index contributed by atoms with van der Waals surface area (Å²) in [6.07, 6.45) is 6.99. The normalized spacial score (nSPS) is 19.6. The molecule has 5 aromatic rings. The molecule has 0 bridgehead atoms. The van der Waals surface area contributed by atoms with Crippen LogP contribution in [-0.2, 0) is 20.9 Å². The van der Waals surface area contributed by atoms with E-state index in [0.717, 1.165) is 104 Å². The molecule has 7 amide bonds. The number of carbonyl (C=O) groups excluding carboxylic acids is 6. The van der Waals surface area contributed by atoms with Crippen LogP contribution in [0.5, 0.6) is 5.75 Å². The first-order valence-corrected chi connectivity index (χ1v) is 23.6. The SMILES string of the molecule is O=C(COc1cccc2c1C(=O)N(C1CCC(=O)NC1=O)C2=O)NCCCCN1CCN(c2cccc(N(C(=O)NCc3ccccc3)C3CCC(Nc4ncc5ccccc5n4)CC3)c2)CC1. The summed E-state index contributed by atoms with van der Waals surface area (Å²) in [6.45, 7) is 4.87. The minimum absolute atomic E-state index is 0.00263.